The van der Waals surface area contributed by atoms with Gasteiger partial charge in [0.15, 0.2) is 0 Å². The van der Waals surface area contributed by atoms with Crippen molar-refractivity contribution in [1.29, 1.82) is 0 Å². The topological polar surface area (TPSA) is 32.3 Å². The Morgan fingerprint density at radius 2 is 2.36 bits per heavy atom. The molecule has 0 bridgehead atoms. The summed E-state index contributed by atoms with van der Waals surface area (Å²) in [6, 6.07) is 0.531. The third-order valence-electron chi connectivity index (χ3n) is 2.75. The monoisotopic (exact) mass is 198 g/mol. The first-order chi connectivity index (χ1) is 6.74. The standard InChI is InChI=1S/C11H22N2O/c1-3-7-12-10(2)6-9-13-8-4-5-11(13)14/h10,12H,3-9H2,1-2H3. The molecule has 1 unspecified atom stereocenters. The summed E-state index contributed by atoms with van der Waals surface area (Å²) < 4.78 is 0. The summed E-state index contributed by atoms with van der Waals surface area (Å²) >= 11 is 0. The molecule has 0 saturated carbocycles. The van der Waals surface area contributed by atoms with E-state index in [9.17, 15) is 4.79 Å². The third kappa shape index (κ3) is 3.66. The molecular formula is C11H22N2O. The number of likely N-dealkylation sites (tertiary alicyclic amines) is 1. The minimum absolute atomic E-state index is 0.340. The van der Waals surface area contributed by atoms with Gasteiger partial charge >= 0.3 is 0 Å². The maximum Gasteiger partial charge on any atom is 0.222 e. The molecule has 3 heteroatoms. The van der Waals surface area contributed by atoms with Gasteiger partial charge in [-0.05, 0) is 32.7 Å². The number of nitrogens with one attached hydrogen (secondary N) is 1. The SMILES string of the molecule is CCCNC(C)CCN1CCCC1=O. The van der Waals surface area contributed by atoms with E-state index in [0.29, 0.717) is 11.9 Å². The fourth-order valence-corrected chi connectivity index (χ4v) is 1.78. The molecule has 82 valence electrons. The highest BCUT2D eigenvalue weighted by Crippen LogP contribution is 2.10. The molecule has 1 N–H and O–H groups in total. The van der Waals surface area contributed by atoms with Crippen LogP contribution in [0.1, 0.15) is 39.5 Å². The average molecular weight is 198 g/mol. The van der Waals surface area contributed by atoms with E-state index in [2.05, 4.69) is 19.2 Å². The Balaban J connectivity index is 2.10. The highest BCUT2D eigenvalue weighted by molar-refractivity contribution is 5.77. The summed E-state index contributed by atoms with van der Waals surface area (Å²) in [4.78, 5) is 13.3. The van der Waals surface area contributed by atoms with Crippen LogP contribution in [0, 0.1) is 0 Å². The van der Waals surface area contributed by atoms with E-state index in [-0.39, 0.29) is 0 Å². The van der Waals surface area contributed by atoms with Gasteiger partial charge in [0.05, 0.1) is 0 Å². The number of hydrogen-bond donors (Lipinski definition) is 1. The maximum atomic E-state index is 11.3. The highest BCUT2D eigenvalue weighted by atomic mass is 16.2. The van der Waals surface area contributed by atoms with Crippen molar-refractivity contribution < 1.29 is 4.79 Å². The van der Waals surface area contributed by atoms with Gasteiger partial charge in [-0.2, -0.15) is 0 Å². The Bertz CT molecular complexity index is 182. The summed E-state index contributed by atoms with van der Waals surface area (Å²) in [7, 11) is 0. The van der Waals surface area contributed by atoms with Crippen LogP contribution in [0.4, 0.5) is 0 Å². The van der Waals surface area contributed by atoms with Crippen molar-refractivity contribution in [3.63, 3.8) is 0 Å². The smallest absolute Gasteiger partial charge is 0.222 e. The number of hydrogen-bond acceptors (Lipinski definition) is 2. The van der Waals surface area contributed by atoms with Gasteiger partial charge in [0.2, 0.25) is 5.91 Å². The summed E-state index contributed by atoms with van der Waals surface area (Å²) in [6.07, 6.45) is 4.06. The van der Waals surface area contributed by atoms with Crippen molar-refractivity contribution in [3.8, 4) is 0 Å². The van der Waals surface area contributed by atoms with E-state index in [1.807, 2.05) is 4.90 Å². The van der Waals surface area contributed by atoms with E-state index >= 15 is 0 Å². The fourth-order valence-electron chi connectivity index (χ4n) is 1.78. The molecule has 1 atom stereocenters. The second kappa shape index (κ2) is 6.02. The van der Waals surface area contributed by atoms with Crippen LogP contribution < -0.4 is 5.32 Å². The molecule has 1 saturated heterocycles. The zero-order valence-corrected chi connectivity index (χ0v) is 9.38. The van der Waals surface area contributed by atoms with Crippen LogP contribution in [0.25, 0.3) is 0 Å². The average Bonchev–Trinajstić information content (AvgIpc) is 2.58. The lowest BCUT2D eigenvalue weighted by Gasteiger charge is -2.19. The van der Waals surface area contributed by atoms with Crippen LogP contribution in [0.2, 0.25) is 0 Å². The molecule has 0 aromatic carbocycles. The first-order valence-electron chi connectivity index (χ1n) is 5.75. The van der Waals surface area contributed by atoms with E-state index in [4.69, 9.17) is 0 Å². The van der Waals surface area contributed by atoms with Crippen molar-refractivity contribution in [2.45, 2.75) is 45.6 Å². The Labute approximate surface area is 86.9 Å². The Morgan fingerprint density at radius 3 is 2.93 bits per heavy atom. The van der Waals surface area contributed by atoms with Crippen LogP contribution in [-0.4, -0.2) is 36.5 Å². The number of amides is 1. The molecule has 0 radical (unpaired) electrons. The van der Waals surface area contributed by atoms with Gasteiger partial charge in [-0.3, -0.25) is 4.79 Å². The number of nitrogens with zero attached hydrogens (tertiary/aromatic N) is 1. The molecule has 0 aromatic heterocycles. The molecule has 1 aliphatic rings. The summed E-state index contributed by atoms with van der Waals surface area (Å²) in [6.45, 7) is 7.34. The predicted octanol–water partition coefficient (Wildman–Crippen LogP) is 1.39. The maximum absolute atomic E-state index is 11.3. The van der Waals surface area contributed by atoms with Crippen molar-refractivity contribution in [3.05, 3.63) is 0 Å². The molecule has 0 spiro atoms. The number of carbonyl (C=O) groups is 1. The van der Waals surface area contributed by atoms with Crippen molar-refractivity contribution in [2.24, 2.45) is 0 Å². The van der Waals surface area contributed by atoms with Gasteiger partial charge < -0.3 is 10.2 Å². The van der Waals surface area contributed by atoms with E-state index in [1.54, 1.807) is 0 Å². The van der Waals surface area contributed by atoms with Crippen molar-refractivity contribution >= 4 is 5.91 Å². The quantitative estimate of drug-likeness (QED) is 0.699. The van der Waals surface area contributed by atoms with E-state index in [0.717, 1.165) is 38.9 Å². The molecule has 0 aromatic rings. The minimum Gasteiger partial charge on any atom is -0.343 e. The van der Waals surface area contributed by atoms with Crippen molar-refractivity contribution in [1.82, 2.24) is 10.2 Å². The van der Waals surface area contributed by atoms with Gasteiger partial charge in [0, 0.05) is 25.6 Å². The lowest BCUT2D eigenvalue weighted by Crippen LogP contribution is -2.33. The molecule has 1 rings (SSSR count). The molecule has 1 aliphatic heterocycles. The molecule has 0 aliphatic carbocycles. The first-order valence-corrected chi connectivity index (χ1v) is 5.75. The Kier molecular flexibility index (Phi) is 4.94. The second-order valence-corrected chi connectivity index (χ2v) is 4.13. The zero-order chi connectivity index (χ0) is 10.4. The van der Waals surface area contributed by atoms with E-state index < -0.39 is 0 Å². The lowest BCUT2D eigenvalue weighted by molar-refractivity contribution is -0.127. The van der Waals surface area contributed by atoms with Crippen LogP contribution in [0.3, 0.4) is 0 Å². The van der Waals surface area contributed by atoms with Gasteiger partial charge in [0.1, 0.15) is 0 Å². The minimum atomic E-state index is 0.340. The second-order valence-electron chi connectivity index (χ2n) is 4.13. The normalized spacial score (nSPS) is 19.0. The van der Waals surface area contributed by atoms with Crippen LogP contribution >= 0.6 is 0 Å². The zero-order valence-electron chi connectivity index (χ0n) is 9.38. The van der Waals surface area contributed by atoms with Crippen molar-refractivity contribution in [2.75, 3.05) is 19.6 Å². The Morgan fingerprint density at radius 1 is 1.57 bits per heavy atom. The summed E-state index contributed by atoms with van der Waals surface area (Å²) in [5.74, 6) is 0.340. The fraction of sp³-hybridized carbons (Fsp3) is 0.909. The summed E-state index contributed by atoms with van der Waals surface area (Å²) in [5.41, 5.74) is 0. The van der Waals surface area contributed by atoms with Crippen LogP contribution in [0.15, 0.2) is 0 Å². The lowest BCUT2D eigenvalue weighted by atomic mass is 10.2. The van der Waals surface area contributed by atoms with E-state index in [1.165, 1.54) is 6.42 Å². The molecule has 14 heavy (non-hydrogen) atoms. The molecular weight excluding hydrogens is 176 g/mol. The number of rotatable bonds is 6. The molecule has 1 amide bonds. The van der Waals surface area contributed by atoms with Gasteiger partial charge in [-0.1, -0.05) is 6.92 Å². The largest absolute Gasteiger partial charge is 0.343 e. The number of carbonyl (C=O) groups excluding carboxylic acids is 1. The van der Waals surface area contributed by atoms with Crippen LogP contribution in [-0.2, 0) is 4.79 Å². The molecule has 1 heterocycles. The third-order valence-corrected chi connectivity index (χ3v) is 2.75. The highest BCUT2D eigenvalue weighted by Gasteiger charge is 2.19. The van der Waals surface area contributed by atoms with Gasteiger partial charge in [-0.15, -0.1) is 0 Å². The Hall–Kier alpha value is -0.570. The summed E-state index contributed by atoms with van der Waals surface area (Å²) in [5, 5.41) is 3.43. The van der Waals surface area contributed by atoms with Gasteiger partial charge in [-0.25, -0.2) is 0 Å². The van der Waals surface area contributed by atoms with Crippen LogP contribution in [0.5, 0.6) is 0 Å². The first kappa shape index (κ1) is 11.5. The molecule has 3 nitrogen and oxygen atoms in total. The van der Waals surface area contributed by atoms with Gasteiger partial charge in [0.25, 0.3) is 0 Å². The molecule has 1 fully saturated rings. The predicted molar refractivity (Wildman–Crippen MR) is 58.2 cm³/mol.